The lowest BCUT2D eigenvalue weighted by Crippen LogP contribution is -2.18. The Morgan fingerprint density at radius 2 is 1.89 bits per heavy atom. The molecule has 3 rings (SSSR count). The van der Waals surface area contributed by atoms with Gasteiger partial charge in [0.15, 0.2) is 0 Å². The van der Waals surface area contributed by atoms with Crippen LogP contribution in [0.5, 0.6) is 0 Å². The Morgan fingerprint density at radius 1 is 1.14 bits per heavy atom. The largest absolute Gasteiger partial charge is 0.441 e. The molecule has 146 valence electrons. The van der Waals surface area contributed by atoms with Gasteiger partial charge < -0.3 is 14.6 Å². The Labute approximate surface area is 166 Å². The van der Waals surface area contributed by atoms with Crippen molar-refractivity contribution in [2.75, 3.05) is 13.7 Å². The zero-order valence-electron chi connectivity index (χ0n) is 16.7. The average molecular weight is 377 g/mol. The first kappa shape index (κ1) is 20.0. The zero-order chi connectivity index (χ0) is 19.9. The summed E-state index contributed by atoms with van der Waals surface area (Å²) in [4.78, 5) is 8.84. The van der Waals surface area contributed by atoms with Gasteiger partial charge in [0.1, 0.15) is 5.76 Å². The minimum Gasteiger partial charge on any atom is -0.441 e. The smallest absolute Gasteiger partial charge is 0.226 e. The van der Waals surface area contributed by atoms with Gasteiger partial charge in [0, 0.05) is 36.7 Å². The summed E-state index contributed by atoms with van der Waals surface area (Å²) < 4.78 is 11.1. The molecular formula is C23H27N3O2. The van der Waals surface area contributed by atoms with E-state index in [0.29, 0.717) is 31.1 Å². The van der Waals surface area contributed by atoms with Crippen molar-refractivity contribution in [3.05, 3.63) is 60.2 Å². The second-order valence-corrected chi connectivity index (χ2v) is 6.93. The molecule has 0 fully saturated rings. The second kappa shape index (κ2) is 9.42. The number of oxazole rings is 1. The predicted octanol–water partition coefficient (Wildman–Crippen LogP) is 5.34. The van der Waals surface area contributed by atoms with Crippen LogP contribution in [-0.4, -0.2) is 29.4 Å². The maximum absolute atomic E-state index is 8.30. The minimum absolute atomic E-state index is 0.177. The van der Waals surface area contributed by atoms with E-state index in [0.717, 1.165) is 34.6 Å². The lowest BCUT2D eigenvalue weighted by molar-refractivity contribution is 0.173. The van der Waals surface area contributed by atoms with E-state index in [-0.39, 0.29) is 5.92 Å². The van der Waals surface area contributed by atoms with Crippen LogP contribution in [0.2, 0.25) is 0 Å². The van der Waals surface area contributed by atoms with Crippen molar-refractivity contribution >= 4 is 5.71 Å². The van der Waals surface area contributed by atoms with E-state index >= 15 is 0 Å². The quantitative estimate of drug-likeness (QED) is 0.511. The lowest BCUT2D eigenvalue weighted by Gasteiger charge is -2.14. The van der Waals surface area contributed by atoms with Gasteiger partial charge in [-0.05, 0) is 55.5 Å². The highest BCUT2D eigenvalue weighted by molar-refractivity contribution is 5.84. The van der Waals surface area contributed by atoms with Crippen LogP contribution < -0.4 is 0 Å². The number of rotatable bonds is 9. The Hall–Kier alpha value is -2.79. The van der Waals surface area contributed by atoms with Crippen molar-refractivity contribution in [3.8, 4) is 22.6 Å². The van der Waals surface area contributed by atoms with E-state index in [1.165, 1.54) is 0 Å². The van der Waals surface area contributed by atoms with E-state index in [2.05, 4.69) is 29.0 Å². The van der Waals surface area contributed by atoms with E-state index in [1.807, 2.05) is 37.4 Å². The molecule has 0 spiro atoms. The van der Waals surface area contributed by atoms with Crippen molar-refractivity contribution in [2.45, 2.75) is 33.1 Å². The molecule has 0 radical (unpaired) electrons. The standard InChI is InChI=1S/C23H27N3O2/c1-4-17(15-27-3)21(24)11-12-22-16(2)28-23(26-22)19-9-7-18(8-10-19)20-6-5-13-25-14-20/h5-10,13-14,17,24H,4,11-12,15H2,1-3H3. The zero-order valence-corrected chi connectivity index (χ0v) is 16.7. The first-order valence-corrected chi connectivity index (χ1v) is 9.65. The van der Waals surface area contributed by atoms with Gasteiger partial charge in [0.2, 0.25) is 5.89 Å². The third-order valence-electron chi connectivity index (χ3n) is 5.00. The van der Waals surface area contributed by atoms with Crippen molar-refractivity contribution in [1.29, 1.82) is 5.41 Å². The van der Waals surface area contributed by atoms with Gasteiger partial charge >= 0.3 is 0 Å². The number of nitrogens with zero attached hydrogens (tertiary/aromatic N) is 2. The lowest BCUT2D eigenvalue weighted by atomic mass is 9.97. The molecule has 3 aromatic rings. The molecule has 0 aliphatic carbocycles. The first-order valence-electron chi connectivity index (χ1n) is 9.65. The van der Waals surface area contributed by atoms with Crippen molar-refractivity contribution in [3.63, 3.8) is 0 Å². The van der Waals surface area contributed by atoms with Gasteiger partial charge in [-0.1, -0.05) is 25.1 Å². The number of nitrogens with one attached hydrogen (secondary N) is 1. The summed E-state index contributed by atoms with van der Waals surface area (Å²) in [5.41, 5.74) is 4.77. The third kappa shape index (κ3) is 4.73. The van der Waals surface area contributed by atoms with Gasteiger partial charge in [0.25, 0.3) is 0 Å². The molecule has 0 aliphatic heterocycles. The highest BCUT2D eigenvalue weighted by Gasteiger charge is 2.16. The molecule has 1 unspecified atom stereocenters. The maximum Gasteiger partial charge on any atom is 0.226 e. The number of pyridine rings is 1. The summed E-state index contributed by atoms with van der Waals surface area (Å²) in [6.07, 6.45) is 5.92. The van der Waals surface area contributed by atoms with Gasteiger partial charge in [-0.25, -0.2) is 4.98 Å². The van der Waals surface area contributed by atoms with Crippen LogP contribution in [0.15, 0.2) is 53.2 Å². The molecule has 5 heteroatoms. The summed E-state index contributed by atoms with van der Waals surface area (Å²) in [6, 6.07) is 12.1. The molecule has 28 heavy (non-hydrogen) atoms. The summed E-state index contributed by atoms with van der Waals surface area (Å²) in [5.74, 6) is 1.62. The van der Waals surface area contributed by atoms with Gasteiger partial charge in [0.05, 0.1) is 12.3 Å². The Balaban J connectivity index is 1.69. The second-order valence-electron chi connectivity index (χ2n) is 6.93. The van der Waals surface area contributed by atoms with Crippen molar-refractivity contribution in [1.82, 2.24) is 9.97 Å². The number of methoxy groups -OCH3 is 1. The summed E-state index contributed by atoms with van der Waals surface area (Å²) in [6.45, 7) is 4.63. The number of hydrogen-bond acceptors (Lipinski definition) is 5. The topological polar surface area (TPSA) is 72.0 Å². The van der Waals surface area contributed by atoms with Crippen LogP contribution in [0.25, 0.3) is 22.6 Å². The number of aryl methyl sites for hydroxylation is 2. The normalized spacial score (nSPS) is 12.1. The Bertz CT molecular complexity index is 901. The highest BCUT2D eigenvalue weighted by atomic mass is 16.5. The van der Waals surface area contributed by atoms with Gasteiger partial charge in [-0.15, -0.1) is 0 Å². The SMILES string of the molecule is CCC(COC)C(=N)CCc1nc(-c2ccc(-c3cccnc3)cc2)oc1C. The molecule has 1 atom stereocenters. The van der Waals surface area contributed by atoms with Crippen LogP contribution >= 0.6 is 0 Å². The Morgan fingerprint density at radius 3 is 2.54 bits per heavy atom. The van der Waals surface area contributed by atoms with E-state index in [1.54, 1.807) is 13.3 Å². The van der Waals surface area contributed by atoms with Crippen molar-refractivity contribution in [2.24, 2.45) is 5.92 Å². The molecule has 1 N–H and O–H groups in total. The Kier molecular flexibility index (Phi) is 6.71. The molecule has 2 heterocycles. The number of ether oxygens (including phenoxy) is 1. The number of aromatic nitrogens is 2. The fourth-order valence-corrected chi connectivity index (χ4v) is 3.25. The number of benzene rings is 1. The van der Waals surface area contributed by atoms with Crippen molar-refractivity contribution < 1.29 is 9.15 Å². The van der Waals surface area contributed by atoms with Gasteiger partial charge in [-0.3, -0.25) is 4.98 Å². The fourth-order valence-electron chi connectivity index (χ4n) is 3.25. The number of hydrogen-bond donors (Lipinski definition) is 1. The van der Waals surface area contributed by atoms with E-state index in [4.69, 9.17) is 14.6 Å². The molecule has 0 saturated carbocycles. The molecule has 2 aromatic heterocycles. The third-order valence-corrected chi connectivity index (χ3v) is 5.00. The van der Waals surface area contributed by atoms with E-state index < -0.39 is 0 Å². The molecule has 0 bridgehead atoms. The average Bonchev–Trinajstić information content (AvgIpc) is 3.11. The molecule has 0 amide bonds. The maximum atomic E-state index is 8.30. The highest BCUT2D eigenvalue weighted by Crippen LogP contribution is 2.26. The molecule has 5 nitrogen and oxygen atoms in total. The fraction of sp³-hybridized carbons (Fsp3) is 0.348. The minimum atomic E-state index is 0.177. The van der Waals surface area contributed by atoms with Gasteiger partial charge in [-0.2, -0.15) is 0 Å². The summed E-state index contributed by atoms with van der Waals surface area (Å²) in [5, 5.41) is 8.30. The van der Waals surface area contributed by atoms with Crippen LogP contribution in [0, 0.1) is 18.3 Å². The first-order chi connectivity index (χ1) is 13.6. The van der Waals surface area contributed by atoms with Crippen LogP contribution in [-0.2, 0) is 11.2 Å². The van der Waals surface area contributed by atoms with Crippen LogP contribution in [0.4, 0.5) is 0 Å². The summed E-state index contributed by atoms with van der Waals surface area (Å²) in [7, 11) is 1.68. The summed E-state index contributed by atoms with van der Waals surface area (Å²) >= 11 is 0. The molecular weight excluding hydrogens is 350 g/mol. The van der Waals surface area contributed by atoms with E-state index in [9.17, 15) is 0 Å². The van der Waals surface area contributed by atoms with Crippen LogP contribution in [0.3, 0.4) is 0 Å². The molecule has 0 aliphatic rings. The predicted molar refractivity (Wildman–Crippen MR) is 112 cm³/mol. The monoisotopic (exact) mass is 377 g/mol. The molecule has 0 saturated heterocycles. The van der Waals surface area contributed by atoms with Crippen LogP contribution in [0.1, 0.15) is 31.2 Å². The molecule has 1 aromatic carbocycles.